The van der Waals surface area contributed by atoms with Gasteiger partial charge >= 0.3 is 0 Å². The number of nitrogens with one attached hydrogen (secondary N) is 1. The summed E-state index contributed by atoms with van der Waals surface area (Å²) in [5.74, 6) is 0.710. The number of piperidine rings is 1. The smallest absolute Gasteiger partial charge is 0.175 e. The first-order chi connectivity index (χ1) is 9.88. The number of hydrogen-bond acceptors (Lipinski definition) is 4. The summed E-state index contributed by atoms with van der Waals surface area (Å²) in [6, 6.07) is 7.56. The predicted octanol–water partition coefficient (Wildman–Crippen LogP) is 2.08. The molecule has 4 nitrogen and oxygen atoms in total. The van der Waals surface area contributed by atoms with Gasteiger partial charge in [0.15, 0.2) is 9.84 Å². The van der Waals surface area contributed by atoms with Crippen molar-refractivity contribution >= 4 is 9.84 Å². The molecule has 1 saturated heterocycles. The van der Waals surface area contributed by atoms with Gasteiger partial charge in [0.2, 0.25) is 0 Å². The van der Waals surface area contributed by atoms with E-state index in [4.69, 9.17) is 0 Å². The standard InChI is InChI=1S/C16H26N2O2S/c1-13(18(2)12-14-5-4-10-17-11-14)15-6-8-16(9-7-15)21(3,19)20/h6-9,13-14,17H,4-5,10-12H2,1-3H3. The van der Waals surface area contributed by atoms with Crippen molar-refractivity contribution in [2.45, 2.75) is 30.7 Å². The van der Waals surface area contributed by atoms with Crippen molar-refractivity contribution in [3.05, 3.63) is 29.8 Å². The molecule has 0 saturated carbocycles. The van der Waals surface area contributed by atoms with Crippen molar-refractivity contribution < 1.29 is 8.42 Å². The predicted molar refractivity (Wildman–Crippen MR) is 86.2 cm³/mol. The molecule has 1 aromatic rings. The van der Waals surface area contributed by atoms with E-state index in [1.54, 1.807) is 12.1 Å². The van der Waals surface area contributed by atoms with Crippen LogP contribution in [-0.2, 0) is 9.84 Å². The largest absolute Gasteiger partial charge is 0.316 e. The minimum atomic E-state index is -3.11. The van der Waals surface area contributed by atoms with Crippen LogP contribution in [0.3, 0.4) is 0 Å². The number of hydrogen-bond donors (Lipinski definition) is 1. The Bertz CT molecular complexity index is 548. The van der Waals surface area contributed by atoms with E-state index in [9.17, 15) is 8.42 Å². The molecule has 21 heavy (non-hydrogen) atoms. The summed E-state index contributed by atoms with van der Waals surface area (Å²) in [6.07, 6.45) is 3.79. The molecule has 0 radical (unpaired) electrons. The van der Waals surface area contributed by atoms with Crippen molar-refractivity contribution in [3.8, 4) is 0 Å². The molecule has 1 heterocycles. The highest BCUT2D eigenvalue weighted by Gasteiger charge is 2.19. The van der Waals surface area contributed by atoms with E-state index in [0.29, 0.717) is 16.9 Å². The average molecular weight is 310 g/mol. The van der Waals surface area contributed by atoms with Crippen molar-refractivity contribution in [2.75, 3.05) is 32.9 Å². The molecule has 2 rings (SSSR count). The summed E-state index contributed by atoms with van der Waals surface area (Å²) in [5.41, 5.74) is 1.16. The van der Waals surface area contributed by atoms with Crippen LogP contribution in [-0.4, -0.2) is 46.3 Å². The fourth-order valence-electron chi connectivity index (χ4n) is 2.89. The van der Waals surface area contributed by atoms with Gasteiger partial charge < -0.3 is 5.32 Å². The zero-order valence-electron chi connectivity index (χ0n) is 13.2. The normalized spacial score (nSPS) is 21.4. The summed E-state index contributed by atoms with van der Waals surface area (Å²) >= 11 is 0. The summed E-state index contributed by atoms with van der Waals surface area (Å²) in [5, 5.41) is 3.45. The Morgan fingerprint density at radius 2 is 2.00 bits per heavy atom. The van der Waals surface area contributed by atoms with Gasteiger partial charge in [-0.05, 0) is 63.5 Å². The zero-order chi connectivity index (χ0) is 15.5. The van der Waals surface area contributed by atoms with Crippen LogP contribution in [0.15, 0.2) is 29.2 Å². The summed E-state index contributed by atoms with van der Waals surface area (Å²) in [4.78, 5) is 2.74. The maximum atomic E-state index is 11.5. The molecule has 0 amide bonds. The van der Waals surface area contributed by atoms with Gasteiger partial charge in [0.05, 0.1) is 4.90 Å². The second-order valence-corrected chi connectivity index (χ2v) is 8.18. The molecule has 1 aromatic carbocycles. The third-order valence-corrected chi connectivity index (χ3v) is 5.53. The molecule has 5 heteroatoms. The highest BCUT2D eigenvalue weighted by atomic mass is 32.2. The van der Waals surface area contributed by atoms with Crippen LogP contribution in [0.1, 0.15) is 31.4 Å². The number of sulfone groups is 1. The molecule has 1 aliphatic rings. The Morgan fingerprint density at radius 3 is 2.52 bits per heavy atom. The van der Waals surface area contributed by atoms with Crippen LogP contribution in [0.2, 0.25) is 0 Å². The highest BCUT2D eigenvalue weighted by Crippen LogP contribution is 2.23. The molecule has 1 fully saturated rings. The van der Waals surface area contributed by atoms with Crippen molar-refractivity contribution in [1.82, 2.24) is 10.2 Å². The maximum absolute atomic E-state index is 11.5. The van der Waals surface area contributed by atoms with Gasteiger partial charge in [-0.3, -0.25) is 4.90 Å². The molecule has 0 spiro atoms. The van der Waals surface area contributed by atoms with Crippen LogP contribution in [0.5, 0.6) is 0 Å². The Labute approximate surface area is 128 Å². The quantitative estimate of drug-likeness (QED) is 0.905. The molecule has 1 N–H and O–H groups in total. The van der Waals surface area contributed by atoms with Gasteiger partial charge in [-0.15, -0.1) is 0 Å². The Kier molecular flexibility index (Phi) is 5.41. The molecule has 2 unspecified atom stereocenters. The first kappa shape index (κ1) is 16.5. The minimum Gasteiger partial charge on any atom is -0.316 e. The minimum absolute atomic E-state index is 0.292. The molecule has 0 aliphatic carbocycles. The number of rotatable bonds is 5. The Balaban J connectivity index is 1.99. The molecule has 118 valence electrons. The summed E-state index contributed by atoms with van der Waals surface area (Å²) < 4.78 is 23.0. The van der Waals surface area contributed by atoms with Crippen molar-refractivity contribution in [2.24, 2.45) is 5.92 Å². The number of benzene rings is 1. The molecule has 0 bridgehead atoms. The lowest BCUT2D eigenvalue weighted by atomic mass is 9.98. The van der Waals surface area contributed by atoms with E-state index in [1.807, 2.05) is 12.1 Å². The van der Waals surface area contributed by atoms with Crippen LogP contribution in [0, 0.1) is 5.92 Å². The van der Waals surface area contributed by atoms with E-state index in [-0.39, 0.29) is 0 Å². The molecule has 0 aromatic heterocycles. The fraction of sp³-hybridized carbons (Fsp3) is 0.625. The SMILES string of the molecule is CC(c1ccc(S(C)(=O)=O)cc1)N(C)CC1CCCNC1. The van der Waals surface area contributed by atoms with Gasteiger partial charge in [-0.25, -0.2) is 8.42 Å². The lowest BCUT2D eigenvalue weighted by molar-refractivity contribution is 0.199. The third kappa shape index (κ3) is 4.53. The van der Waals surface area contributed by atoms with Gasteiger partial charge in [0, 0.05) is 18.8 Å². The van der Waals surface area contributed by atoms with Gasteiger partial charge in [-0.2, -0.15) is 0 Å². The van der Waals surface area contributed by atoms with Crippen LogP contribution < -0.4 is 5.32 Å². The van der Waals surface area contributed by atoms with Crippen molar-refractivity contribution in [3.63, 3.8) is 0 Å². The zero-order valence-corrected chi connectivity index (χ0v) is 14.0. The van der Waals surface area contributed by atoms with Gasteiger partial charge in [0.1, 0.15) is 0 Å². The second kappa shape index (κ2) is 6.90. The Morgan fingerprint density at radius 1 is 1.33 bits per heavy atom. The van der Waals surface area contributed by atoms with Gasteiger partial charge in [-0.1, -0.05) is 12.1 Å². The molecular weight excluding hydrogens is 284 g/mol. The lowest BCUT2D eigenvalue weighted by Crippen LogP contribution is -2.37. The first-order valence-corrected chi connectivity index (χ1v) is 9.48. The van der Waals surface area contributed by atoms with Crippen molar-refractivity contribution in [1.29, 1.82) is 0 Å². The average Bonchev–Trinajstić information content (AvgIpc) is 2.46. The second-order valence-electron chi connectivity index (χ2n) is 6.17. The topological polar surface area (TPSA) is 49.4 Å². The Hall–Kier alpha value is -0.910. The third-order valence-electron chi connectivity index (χ3n) is 4.40. The summed E-state index contributed by atoms with van der Waals surface area (Å²) in [7, 11) is -0.967. The highest BCUT2D eigenvalue weighted by molar-refractivity contribution is 7.90. The van der Waals surface area contributed by atoms with E-state index in [0.717, 1.165) is 25.2 Å². The monoisotopic (exact) mass is 310 g/mol. The lowest BCUT2D eigenvalue weighted by Gasteiger charge is -2.31. The van der Waals surface area contributed by atoms with Crippen LogP contribution >= 0.6 is 0 Å². The molecule has 1 aliphatic heterocycles. The van der Waals surface area contributed by atoms with E-state index in [1.165, 1.54) is 19.1 Å². The van der Waals surface area contributed by atoms with E-state index in [2.05, 4.69) is 24.2 Å². The van der Waals surface area contributed by atoms with E-state index >= 15 is 0 Å². The first-order valence-electron chi connectivity index (χ1n) is 7.59. The van der Waals surface area contributed by atoms with Crippen LogP contribution in [0.25, 0.3) is 0 Å². The summed E-state index contributed by atoms with van der Waals surface area (Å²) in [6.45, 7) is 5.49. The maximum Gasteiger partial charge on any atom is 0.175 e. The van der Waals surface area contributed by atoms with E-state index < -0.39 is 9.84 Å². The fourth-order valence-corrected chi connectivity index (χ4v) is 3.52. The molecular formula is C16H26N2O2S. The molecule has 2 atom stereocenters. The van der Waals surface area contributed by atoms with Gasteiger partial charge in [0.25, 0.3) is 0 Å². The van der Waals surface area contributed by atoms with Crippen LogP contribution in [0.4, 0.5) is 0 Å². The number of nitrogens with zero attached hydrogens (tertiary/aromatic N) is 1.